The van der Waals surface area contributed by atoms with Crippen LogP contribution in [-0.2, 0) is 9.53 Å². The van der Waals surface area contributed by atoms with Crippen LogP contribution in [0.15, 0.2) is 11.3 Å². The third-order valence-electron chi connectivity index (χ3n) is 2.66. The summed E-state index contributed by atoms with van der Waals surface area (Å²) in [5.74, 6) is -0.158. The maximum atomic E-state index is 11.6. The molecule has 0 radical (unpaired) electrons. The summed E-state index contributed by atoms with van der Waals surface area (Å²) in [6, 6.07) is 0. The summed E-state index contributed by atoms with van der Waals surface area (Å²) >= 11 is 0. The van der Waals surface area contributed by atoms with Gasteiger partial charge in [-0.15, -0.1) is 0 Å². The van der Waals surface area contributed by atoms with Crippen LogP contribution in [0.2, 0.25) is 0 Å². The van der Waals surface area contributed by atoms with Gasteiger partial charge in [0.25, 0.3) is 0 Å². The van der Waals surface area contributed by atoms with Crippen LogP contribution in [0.1, 0.15) is 40.0 Å². The van der Waals surface area contributed by atoms with Gasteiger partial charge >= 0.3 is 5.97 Å². The third-order valence-corrected chi connectivity index (χ3v) is 2.66. The van der Waals surface area contributed by atoms with Gasteiger partial charge in [0, 0.05) is 11.8 Å². The Balaban J connectivity index is 2.95. The molecule has 0 unspecified atom stereocenters. The van der Waals surface area contributed by atoms with Crippen LogP contribution in [0.5, 0.6) is 0 Å². The molecule has 0 saturated heterocycles. The molecule has 1 aliphatic rings. The zero-order valence-electron chi connectivity index (χ0n) is 9.09. The van der Waals surface area contributed by atoms with Crippen molar-refractivity contribution in [3.05, 3.63) is 11.3 Å². The summed E-state index contributed by atoms with van der Waals surface area (Å²) in [6.07, 6.45) is 2.45. The first-order valence-electron chi connectivity index (χ1n) is 5.08. The fourth-order valence-electron chi connectivity index (χ4n) is 1.94. The van der Waals surface area contributed by atoms with Crippen LogP contribution >= 0.6 is 0 Å². The van der Waals surface area contributed by atoms with Crippen LogP contribution in [-0.4, -0.2) is 17.7 Å². The van der Waals surface area contributed by atoms with Gasteiger partial charge in [0.05, 0.1) is 12.2 Å². The first-order valence-corrected chi connectivity index (χ1v) is 5.08. The number of rotatable bonds is 2. The predicted octanol–water partition coefficient (Wildman–Crippen LogP) is 2.57. The molecule has 0 aromatic heterocycles. The Morgan fingerprint density at radius 1 is 1.57 bits per heavy atom. The van der Waals surface area contributed by atoms with E-state index in [4.69, 9.17) is 4.74 Å². The number of aliphatic hydroxyl groups excluding tert-OH is 1. The molecule has 0 saturated carbocycles. The highest BCUT2D eigenvalue weighted by Gasteiger charge is 2.35. The van der Waals surface area contributed by atoms with Gasteiger partial charge in [0.2, 0.25) is 0 Å². The second-order valence-electron chi connectivity index (χ2n) is 4.28. The number of carbonyl (C=O) groups excluding carboxylic acids is 1. The lowest BCUT2D eigenvalue weighted by atomic mass is 9.75. The molecule has 0 atom stereocenters. The quantitative estimate of drug-likeness (QED) is 0.694. The molecule has 0 aliphatic heterocycles. The smallest absolute Gasteiger partial charge is 0.337 e. The van der Waals surface area contributed by atoms with Gasteiger partial charge in [-0.05, 0) is 19.8 Å². The Morgan fingerprint density at radius 3 is 2.71 bits per heavy atom. The van der Waals surface area contributed by atoms with E-state index >= 15 is 0 Å². The molecule has 0 heterocycles. The van der Waals surface area contributed by atoms with E-state index in [1.807, 2.05) is 13.8 Å². The molecule has 0 aromatic rings. The predicted molar refractivity (Wildman–Crippen MR) is 53.9 cm³/mol. The maximum absolute atomic E-state index is 11.6. The van der Waals surface area contributed by atoms with E-state index in [2.05, 4.69) is 0 Å². The first kappa shape index (κ1) is 11.1. The van der Waals surface area contributed by atoms with Crippen molar-refractivity contribution in [2.24, 2.45) is 5.41 Å². The van der Waals surface area contributed by atoms with E-state index in [1.54, 1.807) is 6.92 Å². The van der Waals surface area contributed by atoms with Crippen molar-refractivity contribution in [3.63, 3.8) is 0 Å². The van der Waals surface area contributed by atoms with Gasteiger partial charge in [-0.1, -0.05) is 13.8 Å². The van der Waals surface area contributed by atoms with Gasteiger partial charge in [-0.3, -0.25) is 0 Å². The van der Waals surface area contributed by atoms with Crippen LogP contribution in [0.3, 0.4) is 0 Å². The summed E-state index contributed by atoms with van der Waals surface area (Å²) in [6.45, 7) is 6.06. The van der Waals surface area contributed by atoms with Gasteiger partial charge in [-0.2, -0.15) is 0 Å². The van der Waals surface area contributed by atoms with Crippen molar-refractivity contribution in [2.45, 2.75) is 40.0 Å². The number of carbonyl (C=O) groups is 1. The van der Waals surface area contributed by atoms with E-state index < -0.39 is 0 Å². The topological polar surface area (TPSA) is 46.5 Å². The minimum Gasteiger partial charge on any atom is -0.512 e. The average molecular weight is 198 g/mol. The highest BCUT2D eigenvalue weighted by atomic mass is 16.5. The number of aliphatic hydroxyl groups is 1. The fraction of sp³-hybridized carbons (Fsp3) is 0.727. The monoisotopic (exact) mass is 198 g/mol. The highest BCUT2D eigenvalue weighted by molar-refractivity contribution is 5.90. The molecular weight excluding hydrogens is 180 g/mol. The molecule has 1 aliphatic carbocycles. The van der Waals surface area contributed by atoms with Crippen LogP contribution in [0, 0.1) is 5.41 Å². The van der Waals surface area contributed by atoms with Crippen molar-refractivity contribution in [2.75, 3.05) is 6.61 Å². The van der Waals surface area contributed by atoms with Crippen LogP contribution in [0.25, 0.3) is 0 Å². The molecule has 0 spiro atoms. The summed E-state index contributed by atoms with van der Waals surface area (Å²) in [7, 11) is 0. The fourth-order valence-corrected chi connectivity index (χ4v) is 1.94. The molecule has 1 rings (SSSR count). The molecule has 80 valence electrons. The second-order valence-corrected chi connectivity index (χ2v) is 4.28. The van der Waals surface area contributed by atoms with Crippen molar-refractivity contribution in [3.8, 4) is 0 Å². The number of hydrogen-bond acceptors (Lipinski definition) is 3. The largest absolute Gasteiger partial charge is 0.512 e. The van der Waals surface area contributed by atoms with Crippen molar-refractivity contribution >= 4 is 5.97 Å². The molecule has 0 amide bonds. The van der Waals surface area contributed by atoms with Gasteiger partial charge in [-0.25, -0.2) is 4.79 Å². The summed E-state index contributed by atoms with van der Waals surface area (Å²) in [5, 5.41) is 9.68. The van der Waals surface area contributed by atoms with Crippen molar-refractivity contribution in [1.82, 2.24) is 0 Å². The van der Waals surface area contributed by atoms with E-state index in [1.165, 1.54) is 0 Å². The summed E-state index contributed by atoms with van der Waals surface area (Å²) in [5.41, 5.74) is 0.208. The molecule has 1 N–H and O–H groups in total. The first-order chi connectivity index (χ1) is 6.49. The van der Waals surface area contributed by atoms with E-state index in [0.29, 0.717) is 18.6 Å². The number of esters is 1. The highest BCUT2D eigenvalue weighted by Crippen LogP contribution is 2.39. The zero-order chi connectivity index (χ0) is 10.8. The Labute approximate surface area is 84.8 Å². The minimum absolute atomic E-state index is 0.208. The standard InChI is InChI=1S/C11H18O3/c1-4-14-10(13)9-8(12)6-5-7-11(9,2)3/h12H,4-7H2,1-3H3. The molecule has 3 heteroatoms. The lowest BCUT2D eigenvalue weighted by molar-refractivity contribution is -0.140. The number of allylic oxidation sites excluding steroid dienone is 1. The lowest BCUT2D eigenvalue weighted by Gasteiger charge is -2.31. The molecule has 14 heavy (non-hydrogen) atoms. The minimum atomic E-state index is -0.366. The average Bonchev–Trinajstić information content (AvgIpc) is 2.02. The van der Waals surface area contributed by atoms with E-state index in [9.17, 15) is 9.90 Å². The van der Waals surface area contributed by atoms with Crippen molar-refractivity contribution < 1.29 is 14.6 Å². The van der Waals surface area contributed by atoms with E-state index in [0.717, 1.165) is 12.8 Å². The number of ether oxygens (including phenoxy) is 1. The van der Waals surface area contributed by atoms with Gasteiger partial charge < -0.3 is 9.84 Å². The Kier molecular flexibility index (Phi) is 3.19. The normalized spacial score (nSPS) is 20.8. The van der Waals surface area contributed by atoms with E-state index in [-0.39, 0.29) is 17.1 Å². The molecular formula is C11H18O3. The number of hydrogen-bond donors (Lipinski definition) is 1. The molecule has 0 aromatic carbocycles. The molecule has 3 nitrogen and oxygen atoms in total. The zero-order valence-corrected chi connectivity index (χ0v) is 9.09. The van der Waals surface area contributed by atoms with Crippen LogP contribution < -0.4 is 0 Å². The Morgan fingerprint density at radius 2 is 2.21 bits per heavy atom. The van der Waals surface area contributed by atoms with Gasteiger partial charge in [0.1, 0.15) is 5.76 Å². The Bertz CT molecular complexity index is 264. The maximum Gasteiger partial charge on any atom is 0.337 e. The van der Waals surface area contributed by atoms with Gasteiger partial charge in [0.15, 0.2) is 0 Å². The second kappa shape index (κ2) is 4.03. The van der Waals surface area contributed by atoms with Crippen molar-refractivity contribution in [1.29, 1.82) is 0 Å². The third kappa shape index (κ3) is 2.08. The summed E-state index contributed by atoms with van der Waals surface area (Å²) in [4.78, 5) is 11.6. The van der Waals surface area contributed by atoms with Crippen LogP contribution in [0.4, 0.5) is 0 Å². The SMILES string of the molecule is CCOC(=O)C1=C(O)CCCC1(C)C. The summed E-state index contributed by atoms with van der Waals surface area (Å²) < 4.78 is 4.93. The molecule has 0 fully saturated rings. The lowest BCUT2D eigenvalue weighted by Crippen LogP contribution is -2.28. The Hall–Kier alpha value is -0.990. The molecule has 0 bridgehead atoms.